The van der Waals surface area contributed by atoms with E-state index in [1.807, 2.05) is 0 Å². The maximum absolute atomic E-state index is 14.2. The fourth-order valence-electron chi connectivity index (χ4n) is 6.66. The Morgan fingerprint density at radius 1 is 0.950 bits per heavy atom. The maximum Gasteiger partial charge on any atom is 0.309 e. The lowest BCUT2D eigenvalue weighted by Crippen LogP contribution is -2.50. The summed E-state index contributed by atoms with van der Waals surface area (Å²) in [6.45, 7) is 0. The van der Waals surface area contributed by atoms with Crippen LogP contribution in [0.5, 0.6) is 0 Å². The second-order valence-corrected chi connectivity index (χ2v) is 7.10. The van der Waals surface area contributed by atoms with Gasteiger partial charge in [-0.2, -0.15) is 0 Å². The smallest absolute Gasteiger partial charge is 0.309 e. The quantitative estimate of drug-likeness (QED) is 0.772. The average Bonchev–Trinajstić information content (AvgIpc) is 3.25. The number of hydrogen-bond donors (Lipinski definition) is 1. The highest BCUT2D eigenvalue weighted by Gasteiger charge is 2.93. The first kappa shape index (κ1) is 11.5. The minimum absolute atomic E-state index is 0.144. The minimum atomic E-state index is -2.63. The number of aliphatic carboxylic acids is 1. The number of hydrogen-bond acceptors (Lipinski definition) is 3. The monoisotopic (exact) mass is 284 g/mol. The van der Waals surface area contributed by atoms with Crippen molar-refractivity contribution in [2.45, 2.75) is 5.92 Å². The van der Waals surface area contributed by atoms with Crippen LogP contribution in [-0.2, 0) is 14.3 Å². The van der Waals surface area contributed by atoms with E-state index in [-0.39, 0.29) is 35.5 Å². The highest BCUT2D eigenvalue weighted by molar-refractivity contribution is 5.83. The molecule has 0 aromatic carbocycles. The molecule has 0 radical (unpaired) electrons. The molecule has 8 atom stereocenters. The Kier molecular flexibility index (Phi) is 1.65. The number of carboxylic acids is 1. The lowest BCUT2D eigenvalue weighted by atomic mass is 9.58. The summed E-state index contributed by atoms with van der Waals surface area (Å²) in [6.07, 6.45) is 0. The van der Waals surface area contributed by atoms with Gasteiger partial charge in [0.25, 0.3) is 5.92 Å². The Labute approximate surface area is 113 Å². The summed E-state index contributed by atoms with van der Waals surface area (Å²) in [4.78, 5) is 23.6. The molecule has 20 heavy (non-hydrogen) atoms. The van der Waals surface area contributed by atoms with E-state index in [9.17, 15) is 23.5 Å². The molecule has 108 valence electrons. The largest absolute Gasteiger partial charge is 0.481 e. The van der Waals surface area contributed by atoms with Gasteiger partial charge in [0.05, 0.1) is 18.9 Å². The molecular formula is C14H14F2O4. The Bertz CT molecular complexity index is 535. The predicted molar refractivity (Wildman–Crippen MR) is 59.5 cm³/mol. The highest BCUT2D eigenvalue weighted by Crippen LogP contribution is 2.90. The SMILES string of the molecule is COC(=O)[C@H]1C2C3C4C(C5C2C5C(F)(F)C43)[C@H]1C(=O)O. The van der Waals surface area contributed by atoms with Crippen molar-refractivity contribution in [2.24, 2.45) is 59.2 Å². The third-order valence-electron chi connectivity index (χ3n) is 6.91. The zero-order valence-corrected chi connectivity index (χ0v) is 10.7. The number of alkyl halides is 2. The van der Waals surface area contributed by atoms with Crippen molar-refractivity contribution in [3.8, 4) is 0 Å². The molecule has 0 aliphatic heterocycles. The molecule has 7 aliphatic rings. The molecule has 0 aromatic heterocycles. The summed E-state index contributed by atoms with van der Waals surface area (Å²) in [5.41, 5.74) is 0. The van der Waals surface area contributed by atoms with E-state index in [1.54, 1.807) is 0 Å². The van der Waals surface area contributed by atoms with E-state index < -0.39 is 41.5 Å². The van der Waals surface area contributed by atoms with Crippen LogP contribution in [0, 0.1) is 59.2 Å². The molecule has 6 heteroatoms. The zero-order valence-electron chi connectivity index (χ0n) is 10.7. The van der Waals surface area contributed by atoms with Gasteiger partial charge in [-0.15, -0.1) is 0 Å². The molecule has 0 spiro atoms. The van der Waals surface area contributed by atoms with Gasteiger partial charge in [0, 0.05) is 11.8 Å². The Hall–Kier alpha value is -1.20. The second kappa shape index (κ2) is 2.88. The van der Waals surface area contributed by atoms with Crippen molar-refractivity contribution in [2.75, 3.05) is 7.11 Å². The van der Waals surface area contributed by atoms with E-state index in [4.69, 9.17) is 4.74 Å². The molecule has 0 aromatic rings. The minimum Gasteiger partial charge on any atom is -0.481 e. The molecule has 8 bridgehead atoms. The van der Waals surface area contributed by atoms with Gasteiger partial charge in [0.2, 0.25) is 0 Å². The van der Waals surface area contributed by atoms with Gasteiger partial charge in [-0.1, -0.05) is 0 Å². The number of halogens is 2. The van der Waals surface area contributed by atoms with Gasteiger partial charge in [-0.3, -0.25) is 9.59 Å². The van der Waals surface area contributed by atoms with Gasteiger partial charge in [-0.05, 0) is 35.5 Å². The molecule has 7 fully saturated rings. The Balaban J connectivity index is 1.63. The third-order valence-corrected chi connectivity index (χ3v) is 6.91. The first-order chi connectivity index (χ1) is 9.42. The van der Waals surface area contributed by atoms with Crippen molar-refractivity contribution in [1.82, 2.24) is 0 Å². The first-order valence-electron chi connectivity index (χ1n) is 7.11. The van der Waals surface area contributed by atoms with Crippen LogP contribution >= 0.6 is 0 Å². The number of esters is 1. The van der Waals surface area contributed by atoms with Crippen LogP contribution in [0.3, 0.4) is 0 Å². The third kappa shape index (κ3) is 0.886. The van der Waals surface area contributed by atoms with Crippen LogP contribution < -0.4 is 0 Å². The highest BCUT2D eigenvalue weighted by atomic mass is 19.3. The van der Waals surface area contributed by atoms with E-state index >= 15 is 0 Å². The van der Waals surface area contributed by atoms with Crippen LogP contribution in [-0.4, -0.2) is 30.1 Å². The van der Waals surface area contributed by atoms with Gasteiger partial charge >= 0.3 is 11.9 Å². The number of carbonyl (C=O) groups is 2. The molecule has 7 saturated carbocycles. The van der Waals surface area contributed by atoms with Crippen molar-refractivity contribution in [3.05, 3.63) is 0 Å². The molecule has 7 rings (SSSR count). The number of carboxylic acid groups (broad SMARTS) is 1. The van der Waals surface area contributed by atoms with Gasteiger partial charge in [-0.25, -0.2) is 8.78 Å². The number of carbonyl (C=O) groups excluding carboxylic acids is 1. The summed E-state index contributed by atoms with van der Waals surface area (Å²) < 4.78 is 33.2. The lowest BCUT2D eigenvalue weighted by molar-refractivity contribution is -0.169. The topological polar surface area (TPSA) is 63.6 Å². The summed E-state index contributed by atoms with van der Waals surface area (Å²) in [7, 11) is 1.24. The normalized spacial score (nSPS) is 61.8. The maximum atomic E-state index is 14.2. The van der Waals surface area contributed by atoms with E-state index in [0.29, 0.717) is 0 Å². The Morgan fingerprint density at radius 2 is 1.40 bits per heavy atom. The Morgan fingerprint density at radius 3 is 1.80 bits per heavy atom. The summed E-state index contributed by atoms with van der Waals surface area (Å²) in [5.74, 6) is -8.09. The van der Waals surface area contributed by atoms with E-state index in [1.165, 1.54) is 7.11 Å². The number of rotatable bonds is 2. The summed E-state index contributed by atoms with van der Waals surface area (Å²) in [5, 5.41) is 9.48. The van der Waals surface area contributed by atoms with E-state index in [0.717, 1.165) is 0 Å². The van der Waals surface area contributed by atoms with Crippen LogP contribution in [0.4, 0.5) is 8.78 Å². The van der Waals surface area contributed by atoms with E-state index in [2.05, 4.69) is 0 Å². The number of ether oxygens (including phenoxy) is 1. The number of methoxy groups -OCH3 is 1. The number of fused-ring (bicyclic) bond motifs is 1. The summed E-state index contributed by atoms with van der Waals surface area (Å²) in [6, 6.07) is 0. The van der Waals surface area contributed by atoms with Crippen molar-refractivity contribution in [3.63, 3.8) is 0 Å². The molecule has 7 aliphatic carbocycles. The molecular weight excluding hydrogens is 270 g/mol. The van der Waals surface area contributed by atoms with Crippen LogP contribution in [0.2, 0.25) is 0 Å². The van der Waals surface area contributed by atoms with Gasteiger partial charge in [0.15, 0.2) is 0 Å². The van der Waals surface area contributed by atoms with Gasteiger partial charge < -0.3 is 9.84 Å². The molecule has 6 unspecified atom stereocenters. The fraction of sp³-hybridized carbons (Fsp3) is 0.857. The van der Waals surface area contributed by atoms with Crippen molar-refractivity contribution in [1.29, 1.82) is 0 Å². The lowest BCUT2D eigenvalue weighted by Gasteiger charge is -2.44. The second-order valence-electron chi connectivity index (χ2n) is 7.10. The van der Waals surface area contributed by atoms with Gasteiger partial charge in [0.1, 0.15) is 0 Å². The zero-order chi connectivity index (χ0) is 14.1. The standard InChI is InChI=1S/C14H14F2O4/c1-20-13(19)9-3-6-4-2(8(9)12(17)18)5-7(3)11(5)14(15,16)10(4)6/h2-11H,1H3,(H,17,18)/t2?,3?,4?,5?,6?,7?,8-,9+,10?,11?/m1/s1. The first-order valence-corrected chi connectivity index (χ1v) is 7.11. The van der Waals surface area contributed by atoms with Crippen LogP contribution in [0.25, 0.3) is 0 Å². The fourth-order valence-corrected chi connectivity index (χ4v) is 6.66. The van der Waals surface area contributed by atoms with Crippen molar-refractivity contribution >= 4 is 11.9 Å². The van der Waals surface area contributed by atoms with Crippen molar-refractivity contribution < 1.29 is 28.2 Å². The molecule has 4 nitrogen and oxygen atoms in total. The molecule has 1 N–H and O–H groups in total. The average molecular weight is 284 g/mol. The molecule has 0 amide bonds. The predicted octanol–water partition coefficient (Wildman–Crippen LogP) is 1.11. The molecule has 0 heterocycles. The van der Waals surface area contributed by atoms with Crippen LogP contribution in [0.1, 0.15) is 0 Å². The molecule has 0 saturated heterocycles. The van der Waals surface area contributed by atoms with Crippen LogP contribution in [0.15, 0.2) is 0 Å². The summed E-state index contributed by atoms with van der Waals surface area (Å²) >= 11 is 0.